The molecule has 1 atom stereocenters. The first kappa shape index (κ1) is 17.9. The number of halogens is 2. The van der Waals surface area contributed by atoms with Gasteiger partial charge in [0.25, 0.3) is 0 Å². The highest BCUT2D eigenvalue weighted by molar-refractivity contribution is 5.85. The van der Waals surface area contributed by atoms with E-state index >= 15 is 0 Å². The summed E-state index contributed by atoms with van der Waals surface area (Å²) in [6.45, 7) is 4.58. The van der Waals surface area contributed by atoms with Gasteiger partial charge >= 0.3 is 0 Å². The molecule has 1 fully saturated rings. The first-order chi connectivity index (χ1) is 8.18. The molecule has 0 radical (unpaired) electrons. The summed E-state index contributed by atoms with van der Waals surface area (Å²) >= 11 is 0. The van der Waals surface area contributed by atoms with Crippen LogP contribution in [0.15, 0.2) is 18.5 Å². The summed E-state index contributed by atoms with van der Waals surface area (Å²) in [6.07, 6.45) is 3.45. The Balaban J connectivity index is 0.00000162. The van der Waals surface area contributed by atoms with Gasteiger partial charge < -0.3 is 15.5 Å². The number of hydrogen-bond acceptors (Lipinski definition) is 5. The Morgan fingerprint density at radius 2 is 1.74 bits per heavy atom. The van der Waals surface area contributed by atoms with E-state index in [0.29, 0.717) is 13.1 Å². The highest BCUT2D eigenvalue weighted by atomic mass is 35.5. The standard InChI is InChI=1S/C11H17N5O.2ClH/c1-9(12)10(17)15-5-7-16(8-6-15)11-13-3-2-4-14-11;;/h2-4,9H,5-8,12H2,1H3;2*1H. The Bertz CT molecular complexity index is 382. The second-order valence-corrected chi connectivity index (χ2v) is 4.15. The van der Waals surface area contributed by atoms with Crippen molar-refractivity contribution in [3.8, 4) is 0 Å². The molecule has 2 N–H and O–H groups in total. The Hall–Kier alpha value is -1.11. The molecule has 0 bridgehead atoms. The first-order valence-corrected chi connectivity index (χ1v) is 5.75. The van der Waals surface area contributed by atoms with Crippen molar-refractivity contribution in [2.24, 2.45) is 5.73 Å². The lowest BCUT2D eigenvalue weighted by Crippen LogP contribution is -2.52. The number of aromatic nitrogens is 2. The molecule has 0 spiro atoms. The molecule has 1 unspecified atom stereocenters. The van der Waals surface area contributed by atoms with E-state index in [1.54, 1.807) is 30.3 Å². The predicted octanol–water partition coefficient (Wildman–Crippen LogP) is 0.316. The van der Waals surface area contributed by atoms with E-state index in [2.05, 4.69) is 14.9 Å². The molecule has 0 aromatic carbocycles. The average molecular weight is 308 g/mol. The molecule has 1 aliphatic rings. The third kappa shape index (κ3) is 4.49. The van der Waals surface area contributed by atoms with Crippen molar-refractivity contribution in [2.45, 2.75) is 13.0 Å². The normalized spacial score (nSPS) is 16.1. The van der Waals surface area contributed by atoms with E-state index in [1.165, 1.54) is 0 Å². The quantitative estimate of drug-likeness (QED) is 0.851. The maximum atomic E-state index is 11.7. The predicted molar refractivity (Wildman–Crippen MR) is 79.0 cm³/mol. The van der Waals surface area contributed by atoms with Crippen LogP contribution < -0.4 is 10.6 Å². The highest BCUT2D eigenvalue weighted by Crippen LogP contribution is 2.09. The molecule has 2 rings (SSSR count). The molecule has 1 aliphatic heterocycles. The largest absolute Gasteiger partial charge is 0.338 e. The number of carbonyl (C=O) groups excluding carboxylic acids is 1. The van der Waals surface area contributed by atoms with Gasteiger partial charge in [-0.2, -0.15) is 0 Å². The number of rotatable bonds is 2. The summed E-state index contributed by atoms with van der Waals surface area (Å²) in [6, 6.07) is 1.37. The van der Waals surface area contributed by atoms with Crippen LogP contribution >= 0.6 is 24.8 Å². The van der Waals surface area contributed by atoms with Gasteiger partial charge in [-0.25, -0.2) is 9.97 Å². The highest BCUT2D eigenvalue weighted by Gasteiger charge is 2.23. The Morgan fingerprint density at radius 1 is 1.21 bits per heavy atom. The van der Waals surface area contributed by atoms with Crippen LogP contribution in [0.25, 0.3) is 0 Å². The Morgan fingerprint density at radius 3 is 2.21 bits per heavy atom. The molecule has 2 heterocycles. The van der Waals surface area contributed by atoms with Gasteiger partial charge in [-0.05, 0) is 13.0 Å². The third-order valence-electron chi connectivity index (χ3n) is 2.82. The van der Waals surface area contributed by atoms with Crippen molar-refractivity contribution in [1.29, 1.82) is 0 Å². The van der Waals surface area contributed by atoms with E-state index < -0.39 is 6.04 Å². The summed E-state index contributed by atoms with van der Waals surface area (Å²) in [7, 11) is 0. The number of anilines is 1. The zero-order valence-corrected chi connectivity index (χ0v) is 12.4. The Labute approximate surface area is 125 Å². The second-order valence-electron chi connectivity index (χ2n) is 4.15. The zero-order chi connectivity index (χ0) is 12.3. The molecular weight excluding hydrogens is 289 g/mol. The van der Waals surface area contributed by atoms with Gasteiger partial charge in [-0.1, -0.05) is 0 Å². The minimum Gasteiger partial charge on any atom is -0.338 e. The van der Waals surface area contributed by atoms with Crippen LogP contribution in [-0.4, -0.2) is 53.0 Å². The van der Waals surface area contributed by atoms with Crippen LogP contribution in [0.3, 0.4) is 0 Å². The van der Waals surface area contributed by atoms with Crippen LogP contribution in [0.1, 0.15) is 6.92 Å². The second kappa shape index (κ2) is 8.14. The van der Waals surface area contributed by atoms with Crippen molar-refractivity contribution >= 4 is 36.7 Å². The zero-order valence-electron chi connectivity index (χ0n) is 10.7. The smallest absolute Gasteiger partial charge is 0.239 e. The molecule has 108 valence electrons. The lowest BCUT2D eigenvalue weighted by Gasteiger charge is -2.35. The van der Waals surface area contributed by atoms with Crippen molar-refractivity contribution < 1.29 is 4.79 Å². The topological polar surface area (TPSA) is 75.4 Å². The minimum absolute atomic E-state index is 0. The summed E-state index contributed by atoms with van der Waals surface area (Å²) in [5.74, 6) is 0.735. The molecule has 0 aliphatic carbocycles. The van der Waals surface area contributed by atoms with Gasteiger partial charge in [0.2, 0.25) is 11.9 Å². The Kier molecular flexibility index (Phi) is 7.66. The van der Waals surface area contributed by atoms with Crippen LogP contribution in [0.4, 0.5) is 5.95 Å². The fourth-order valence-corrected chi connectivity index (χ4v) is 1.87. The number of carbonyl (C=O) groups is 1. The lowest BCUT2D eigenvalue weighted by molar-refractivity contribution is -0.132. The fourth-order valence-electron chi connectivity index (χ4n) is 1.87. The van der Waals surface area contributed by atoms with Gasteiger partial charge in [0.05, 0.1) is 6.04 Å². The summed E-state index contributed by atoms with van der Waals surface area (Å²) < 4.78 is 0. The number of nitrogens with two attached hydrogens (primary N) is 1. The molecule has 1 saturated heterocycles. The van der Waals surface area contributed by atoms with Gasteiger partial charge in [0.15, 0.2) is 0 Å². The van der Waals surface area contributed by atoms with Gasteiger partial charge in [0.1, 0.15) is 0 Å². The van der Waals surface area contributed by atoms with Crippen LogP contribution in [0, 0.1) is 0 Å². The maximum absolute atomic E-state index is 11.7. The SMILES string of the molecule is CC(N)C(=O)N1CCN(c2ncccn2)CC1.Cl.Cl. The molecule has 8 heteroatoms. The summed E-state index contributed by atoms with van der Waals surface area (Å²) in [5, 5.41) is 0. The van der Waals surface area contributed by atoms with E-state index in [9.17, 15) is 4.79 Å². The summed E-state index contributed by atoms with van der Waals surface area (Å²) in [4.78, 5) is 24.0. The molecule has 6 nitrogen and oxygen atoms in total. The molecule has 1 aromatic rings. The van der Waals surface area contributed by atoms with Crippen LogP contribution in [0.5, 0.6) is 0 Å². The van der Waals surface area contributed by atoms with E-state index in [1.807, 2.05) is 0 Å². The van der Waals surface area contributed by atoms with Crippen molar-refractivity contribution in [3.63, 3.8) is 0 Å². The van der Waals surface area contributed by atoms with Crippen molar-refractivity contribution in [3.05, 3.63) is 18.5 Å². The molecule has 1 amide bonds. The number of piperazine rings is 1. The van der Waals surface area contributed by atoms with E-state index in [0.717, 1.165) is 19.0 Å². The number of amides is 1. The van der Waals surface area contributed by atoms with Gasteiger partial charge in [-0.15, -0.1) is 24.8 Å². The van der Waals surface area contributed by atoms with Crippen molar-refractivity contribution in [1.82, 2.24) is 14.9 Å². The van der Waals surface area contributed by atoms with Crippen LogP contribution in [-0.2, 0) is 4.79 Å². The maximum Gasteiger partial charge on any atom is 0.239 e. The number of nitrogens with zero attached hydrogens (tertiary/aromatic N) is 4. The first-order valence-electron chi connectivity index (χ1n) is 5.75. The van der Waals surface area contributed by atoms with Gasteiger partial charge in [-0.3, -0.25) is 4.79 Å². The van der Waals surface area contributed by atoms with E-state index in [-0.39, 0.29) is 30.7 Å². The van der Waals surface area contributed by atoms with Gasteiger partial charge in [0, 0.05) is 38.6 Å². The molecule has 0 saturated carbocycles. The van der Waals surface area contributed by atoms with E-state index in [4.69, 9.17) is 5.73 Å². The van der Waals surface area contributed by atoms with Crippen molar-refractivity contribution in [2.75, 3.05) is 31.1 Å². The monoisotopic (exact) mass is 307 g/mol. The fraction of sp³-hybridized carbons (Fsp3) is 0.545. The minimum atomic E-state index is -0.422. The third-order valence-corrected chi connectivity index (χ3v) is 2.82. The number of hydrogen-bond donors (Lipinski definition) is 1. The summed E-state index contributed by atoms with van der Waals surface area (Å²) in [5.41, 5.74) is 5.58. The average Bonchev–Trinajstić information content (AvgIpc) is 2.39. The molecule has 19 heavy (non-hydrogen) atoms. The van der Waals surface area contributed by atoms with Crippen LogP contribution in [0.2, 0.25) is 0 Å². The molecule has 1 aromatic heterocycles. The molecular formula is C11H19Cl2N5O. The lowest BCUT2D eigenvalue weighted by atomic mass is 10.2.